The van der Waals surface area contributed by atoms with Gasteiger partial charge in [0.25, 0.3) is 0 Å². The summed E-state index contributed by atoms with van der Waals surface area (Å²) in [6, 6.07) is 19.4. The Morgan fingerprint density at radius 2 is 1.97 bits per heavy atom. The van der Waals surface area contributed by atoms with E-state index in [1.54, 1.807) is 36.3 Å². The summed E-state index contributed by atoms with van der Waals surface area (Å²) in [5.74, 6) is 1.15. The number of hydrogen-bond donors (Lipinski definition) is 1. The van der Waals surface area contributed by atoms with Crippen LogP contribution in [-0.4, -0.2) is 31.2 Å². The number of halogens is 1. The van der Waals surface area contributed by atoms with Crippen molar-refractivity contribution >= 4 is 11.7 Å². The summed E-state index contributed by atoms with van der Waals surface area (Å²) in [6.45, 7) is 1.80. The third-order valence-corrected chi connectivity index (χ3v) is 5.20. The number of nitrogens with one attached hydrogen (secondary N) is 1. The topological polar surface area (TPSA) is 60.0 Å². The number of urea groups is 1. The summed E-state index contributed by atoms with van der Waals surface area (Å²) in [4.78, 5) is 14.5. The van der Waals surface area contributed by atoms with E-state index in [0.717, 1.165) is 16.9 Å². The molecular formula is C25H25FN2O4. The number of anilines is 1. The first-order valence-corrected chi connectivity index (χ1v) is 10.4. The van der Waals surface area contributed by atoms with Gasteiger partial charge in [-0.2, -0.15) is 0 Å². The molecule has 0 saturated carbocycles. The van der Waals surface area contributed by atoms with Crippen molar-refractivity contribution in [2.24, 2.45) is 0 Å². The molecule has 1 N–H and O–H groups in total. The van der Waals surface area contributed by atoms with Crippen molar-refractivity contribution < 1.29 is 23.4 Å². The smallest absolute Gasteiger partial charge is 0.322 e. The van der Waals surface area contributed by atoms with Gasteiger partial charge in [0.15, 0.2) is 0 Å². The quantitative estimate of drug-likeness (QED) is 0.592. The minimum absolute atomic E-state index is 0.190. The summed E-state index contributed by atoms with van der Waals surface area (Å²) in [5, 5.41) is 2.91. The van der Waals surface area contributed by atoms with Crippen molar-refractivity contribution in [3.05, 3.63) is 89.2 Å². The predicted molar refractivity (Wildman–Crippen MR) is 119 cm³/mol. The van der Waals surface area contributed by atoms with Crippen LogP contribution in [0.3, 0.4) is 0 Å². The molecule has 0 spiro atoms. The molecule has 0 fully saturated rings. The van der Waals surface area contributed by atoms with E-state index in [2.05, 4.69) is 5.32 Å². The zero-order valence-corrected chi connectivity index (χ0v) is 17.8. The van der Waals surface area contributed by atoms with Crippen molar-refractivity contribution in [3.63, 3.8) is 0 Å². The highest BCUT2D eigenvalue weighted by Gasteiger charge is 2.20. The maximum atomic E-state index is 13.8. The molecule has 0 saturated heterocycles. The number of ether oxygens (including phenoxy) is 3. The standard InChI is InChI=1S/C25H25FN2O4/c1-30-22-7-4-6-21(14-22)27-25(29)28-11-12-32-24-10-9-18(13-20(24)15-28)16-31-17-19-5-2-3-8-23(19)26/h2-10,13-14H,11-12,15-17H2,1H3,(H,27,29). The van der Waals surface area contributed by atoms with Gasteiger partial charge in [-0.25, -0.2) is 9.18 Å². The molecule has 3 aromatic rings. The van der Waals surface area contributed by atoms with Gasteiger partial charge >= 0.3 is 6.03 Å². The molecule has 4 rings (SSSR count). The van der Waals surface area contributed by atoms with Gasteiger partial charge in [0.2, 0.25) is 0 Å². The minimum atomic E-state index is -0.277. The van der Waals surface area contributed by atoms with Gasteiger partial charge in [-0.15, -0.1) is 0 Å². The van der Waals surface area contributed by atoms with Crippen molar-refractivity contribution in [2.45, 2.75) is 19.8 Å². The molecule has 7 heteroatoms. The molecule has 0 bridgehead atoms. The highest BCUT2D eigenvalue weighted by molar-refractivity contribution is 5.89. The molecule has 0 aliphatic carbocycles. The lowest BCUT2D eigenvalue weighted by molar-refractivity contribution is 0.105. The molecule has 3 aromatic carbocycles. The Hall–Kier alpha value is -3.58. The molecule has 1 aliphatic rings. The Kier molecular flexibility index (Phi) is 6.87. The predicted octanol–water partition coefficient (Wildman–Crippen LogP) is 4.98. The number of fused-ring (bicyclic) bond motifs is 1. The van der Waals surface area contributed by atoms with Gasteiger partial charge in [0, 0.05) is 22.9 Å². The minimum Gasteiger partial charge on any atom is -0.497 e. The lowest BCUT2D eigenvalue weighted by Gasteiger charge is -2.20. The molecule has 166 valence electrons. The van der Waals surface area contributed by atoms with E-state index in [1.165, 1.54) is 6.07 Å². The van der Waals surface area contributed by atoms with E-state index in [1.807, 2.05) is 36.4 Å². The lowest BCUT2D eigenvalue weighted by atomic mass is 10.1. The van der Waals surface area contributed by atoms with Crippen molar-refractivity contribution in [1.82, 2.24) is 4.90 Å². The van der Waals surface area contributed by atoms with E-state index in [9.17, 15) is 9.18 Å². The molecule has 6 nitrogen and oxygen atoms in total. The highest BCUT2D eigenvalue weighted by Crippen LogP contribution is 2.26. The van der Waals surface area contributed by atoms with Gasteiger partial charge in [-0.1, -0.05) is 30.3 Å². The average molecular weight is 436 g/mol. The maximum Gasteiger partial charge on any atom is 0.322 e. The number of rotatable bonds is 6. The third kappa shape index (κ3) is 5.36. The van der Waals surface area contributed by atoms with E-state index >= 15 is 0 Å². The SMILES string of the molecule is COc1cccc(NC(=O)N2CCOc3ccc(COCc4ccccc4F)cc3C2)c1. The summed E-state index contributed by atoms with van der Waals surface area (Å²) in [5.41, 5.74) is 3.01. The van der Waals surface area contributed by atoms with Crippen LogP contribution in [-0.2, 0) is 24.5 Å². The zero-order chi connectivity index (χ0) is 22.3. The number of benzene rings is 3. The number of nitrogens with zero attached hydrogens (tertiary/aromatic N) is 1. The van der Waals surface area contributed by atoms with Gasteiger partial charge in [-0.3, -0.25) is 0 Å². The van der Waals surface area contributed by atoms with E-state index in [4.69, 9.17) is 14.2 Å². The number of methoxy groups -OCH3 is 1. The molecule has 0 unspecified atom stereocenters. The summed E-state index contributed by atoms with van der Waals surface area (Å²) >= 11 is 0. The van der Waals surface area contributed by atoms with Crippen LogP contribution in [0, 0.1) is 5.82 Å². The van der Waals surface area contributed by atoms with E-state index < -0.39 is 0 Å². The van der Waals surface area contributed by atoms with Crippen LogP contribution in [0.4, 0.5) is 14.9 Å². The fraction of sp³-hybridized carbons (Fsp3) is 0.240. The van der Waals surface area contributed by atoms with Crippen molar-refractivity contribution in [1.29, 1.82) is 0 Å². The fourth-order valence-electron chi connectivity index (χ4n) is 3.51. The van der Waals surface area contributed by atoms with Gasteiger partial charge < -0.3 is 24.4 Å². The molecule has 1 heterocycles. The number of hydrogen-bond acceptors (Lipinski definition) is 4. The van der Waals surface area contributed by atoms with Crippen molar-refractivity contribution in [2.75, 3.05) is 25.6 Å². The number of carbonyl (C=O) groups excluding carboxylic acids is 1. The molecule has 0 atom stereocenters. The largest absolute Gasteiger partial charge is 0.497 e. The maximum absolute atomic E-state index is 13.8. The molecule has 0 aromatic heterocycles. The molecule has 0 radical (unpaired) electrons. The summed E-state index contributed by atoms with van der Waals surface area (Å²) in [6.07, 6.45) is 0. The normalized spacial score (nSPS) is 13.0. The average Bonchev–Trinajstić information content (AvgIpc) is 3.03. The van der Waals surface area contributed by atoms with Crippen LogP contribution in [0.1, 0.15) is 16.7 Å². The van der Waals surface area contributed by atoms with Gasteiger partial charge in [0.1, 0.15) is 23.9 Å². The van der Waals surface area contributed by atoms with Gasteiger partial charge in [-0.05, 0) is 35.9 Å². The Labute approximate surface area is 186 Å². The summed E-state index contributed by atoms with van der Waals surface area (Å²) in [7, 11) is 1.58. The first kappa shape index (κ1) is 21.6. The zero-order valence-electron chi connectivity index (χ0n) is 17.8. The Morgan fingerprint density at radius 1 is 1.09 bits per heavy atom. The number of carbonyl (C=O) groups is 1. The number of amides is 2. The van der Waals surface area contributed by atoms with Crippen LogP contribution in [0.5, 0.6) is 11.5 Å². The molecule has 2 amide bonds. The molecular weight excluding hydrogens is 411 g/mol. The van der Waals surface area contributed by atoms with Crippen LogP contribution in [0.2, 0.25) is 0 Å². The second-order valence-electron chi connectivity index (χ2n) is 7.46. The molecule has 32 heavy (non-hydrogen) atoms. The van der Waals surface area contributed by atoms with Crippen LogP contribution in [0.25, 0.3) is 0 Å². The highest BCUT2D eigenvalue weighted by atomic mass is 19.1. The van der Waals surface area contributed by atoms with E-state index in [-0.39, 0.29) is 18.5 Å². The van der Waals surface area contributed by atoms with Crippen molar-refractivity contribution in [3.8, 4) is 11.5 Å². The second kappa shape index (κ2) is 10.2. The first-order valence-electron chi connectivity index (χ1n) is 10.4. The molecule has 1 aliphatic heterocycles. The van der Waals surface area contributed by atoms with Crippen LogP contribution in [0.15, 0.2) is 66.7 Å². The second-order valence-corrected chi connectivity index (χ2v) is 7.46. The Bertz CT molecular complexity index is 1090. The van der Waals surface area contributed by atoms with E-state index in [0.29, 0.717) is 43.3 Å². The van der Waals surface area contributed by atoms with Crippen LogP contribution >= 0.6 is 0 Å². The fourth-order valence-corrected chi connectivity index (χ4v) is 3.51. The lowest BCUT2D eigenvalue weighted by Crippen LogP contribution is -2.36. The third-order valence-electron chi connectivity index (χ3n) is 5.20. The van der Waals surface area contributed by atoms with Crippen LogP contribution < -0.4 is 14.8 Å². The summed E-state index contributed by atoms with van der Waals surface area (Å²) < 4.78 is 30.5. The Morgan fingerprint density at radius 3 is 2.81 bits per heavy atom. The van der Waals surface area contributed by atoms with Gasteiger partial charge in [0.05, 0.1) is 33.4 Å². The first-order chi connectivity index (χ1) is 15.6. The Balaban J connectivity index is 1.40. The monoisotopic (exact) mass is 436 g/mol.